The van der Waals surface area contributed by atoms with Gasteiger partial charge >= 0.3 is 0 Å². The molecule has 2 aromatic rings. The molecule has 1 aliphatic rings. The van der Waals surface area contributed by atoms with Crippen molar-refractivity contribution >= 4 is 29.0 Å². The van der Waals surface area contributed by atoms with Crippen LogP contribution in [0.15, 0.2) is 29.4 Å². The van der Waals surface area contributed by atoms with E-state index >= 15 is 8.78 Å². The Morgan fingerprint density at radius 1 is 1.45 bits per heavy atom. The molecule has 0 spiro atoms. The number of anilines is 1. The van der Waals surface area contributed by atoms with Gasteiger partial charge in [-0.05, 0) is 36.6 Å². The van der Waals surface area contributed by atoms with E-state index in [9.17, 15) is 4.79 Å². The number of aromatic nitrogens is 2. The van der Waals surface area contributed by atoms with Crippen molar-refractivity contribution in [2.75, 3.05) is 18.5 Å². The standard InChI is InChI=1S/C19H22ClF2N5O2/c1-4-18(19(21,22)10-29-9-15(23)25-18)13-7-12(6-5-11(13)2)24-17(28)16-14(20)8-27(3)26-16/h5-8H,4,9-10H2,1-3H3,(H2,23,25)(H,24,28)/t18-/m1/s1. The van der Waals surface area contributed by atoms with Crippen molar-refractivity contribution in [2.24, 2.45) is 17.8 Å². The van der Waals surface area contributed by atoms with Gasteiger partial charge in [-0.15, -0.1) is 0 Å². The molecule has 156 valence electrons. The molecule has 1 atom stereocenters. The lowest BCUT2D eigenvalue weighted by Gasteiger charge is -2.36. The predicted molar refractivity (Wildman–Crippen MR) is 107 cm³/mol. The molecule has 0 unspecified atom stereocenters. The molecule has 1 aromatic carbocycles. The summed E-state index contributed by atoms with van der Waals surface area (Å²) in [5.74, 6) is -3.84. The van der Waals surface area contributed by atoms with Crippen LogP contribution in [0.25, 0.3) is 0 Å². The number of aryl methyl sites for hydroxylation is 2. The largest absolute Gasteiger partial charge is 0.385 e. The fourth-order valence-electron chi connectivity index (χ4n) is 3.50. The third kappa shape index (κ3) is 3.84. The number of ether oxygens (including phenoxy) is 1. The smallest absolute Gasteiger partial charge is 0.299 e. The predicted octanol–water partition coefficient (Wildman–Crippen LogP) is 3.26. The molecule has 2 heterocycles. The van der Waals surface area contributed by atoms with Crippen molar-refractivity contribution in [3.63, 3.8) is 0 Å². The fraction of sp³-hybridized carbons (Fsp3) is 0.421. The highest BCUT2D eigenvalue weighted by molar-refractivity contribution is 6.34. The lowest BCUT2D eigenvalue weighted by molar-refractivity contribution is -0.122. The molecule has 1 amide bonds. The Kier molecular flexibility index (Phi) is 5.64. The third-order valence-corrected chi connectivity index (χ3v) is 5.20. The third-order valence-electron chi connectivity index (χ3n) is 4.92. The first-order valence-electron chi connectivity index (χ1n) is 9.01. The van der Waals surface area contributed by atoms with Gasteiger partial charge in [0.2, 0.25) is 0 Å². The van der Waals surface area contributed by atoms with E-state index in [1.807, 2.05) is 0 Å². The number of halogens is 3. The summed E-state index contributed by atoms with van der Waals surface area (Å²) in [5.41, 5.74) is 5.12. The van der Waals surface area contributed by atoms with Gasteiger partial charge in [-0.2, -0.15) is 5.10 Å². The second-order valence-corrected chi connectivity index (χ2v) is 7.40. The average Bonchev–Trinajstić information content (AvgIpc) is 2.93. The van der Waals surface area contributed by atoms with Gasteiger partial charge in [0.1, 0.15) is 19.0 Å². The molecule has 0 bridgehead atoms. The highest BCUT2D eigenvalue weighted by Gasteiger charge is 2.56. The molecule has 0 saturated carbocycles. The molecule has 0 radical (unpaired) electrons. The molecule has 3 N–H and O–H groups in total. The van der Waals surface area contributed by atoms with E-state index in [0.29, 0.717) is 11.3 Å². The number of nitrogens with two attached hydrogens (primary N) is 1. The SMILES string of the molecule is CC[C@]1(c2cc(NC(=O)c3nn(C)cc3Cl)ccc2C)N=C(N)COCC1(F)F. The van der Waals surface area contributed by atoms with E-state index < -0.39 is 24.0 Å². The summed E-state index contributed by atoms with van der Waals surface area (Å²) in [6, 6.07) is 4.76. The molecule has 3 rings (SSSR count). The van der Waals surface area contributed by atoms with Crippen LogP contribution >= 0.6 is 11.6 Å². The summed E-state index contributed by atoms with van der Waals surface area (Å²) in [5, 5.41) is 6.86. The second kappa shape index (κ2) is 7.72. The van der Waals surface area contributed by atoms with Crippen LogP contribution in [0.2, 0.25) is 5.02 Å². The highest BCUT2D eigenvalue weighted by Crippen LogP contribution is 2.47. The number of rotatable bonds is 4. The van der Waals surface area contributed by atoms with Gasteiger partial charge in [-0.1, -0.05) is 24.6 Å². The summed E-state index contributed by atoms with van der Waals surface area (Å²) in [6.45, 7) is 2.37. The number of aliphatic imine (C=N–C) groups is 1. The van der Waals surface area contributed by atoms with Gasteiger partial charge in [0.15, 0.2) is 11.2 Å². The lowest BCUT2D eigenvalue weighted by atomic mass is 9.79. The minimum Gasteiger partial charge on any atom is -0.385 e. The maximum atomic E-state index is 15.1. The van der Waals surface area contributed by atoms with Crippen LogP contribution in [0.4, 0.5) is 14.5 Å². The average molecular weight is 426 g/mol. The van der Waals surface area contributed by atoms with Gasteiger partial charge in [0.05, 0.1) is 5.02 Å². The molecule has 0 fully saturated rings. The van der Waals surface area contributed by atoms with Crippen molar-refractivity contribution in [3.8, 4) is 0 Å². The summed E-state index contributed by atoms with van der Waals surface area (Å²) in [6.07, 6.45) is 1.49. The summed E-state index contributed by atoms with van der Waals surface area (Å²) in [4.78, 5) is 16.7. The number of benzene rings is 1. The van der Waals surface area contributed by atoms with E-state index in [-0.39, 0.29) is 35.1 Å². The van der Waals surface area contributed by atoms with Crippen LogP contribution in [0.5, 0.6) is 0 Å². The number of hydrogen-bond acceptors (Lipinski definition) is 5. The molecule has 29 heavy (non-hydrogen) atoms. The minimum atomic E-state index is -3.29. The first-order chi connectivity index (χ1) is 13.6. The van der Waals surface area contributed by atoms with Crippen molar-refractivity contribution in [1.29, 1.82) is 0 Å². The van der Waals surface area contributed by atoms with Crippen molar-refractivity contribution < 1.29 is 18.3 Å². The van der Waals surface area contributed by atoms with Crippen LogP contribution in [-0.4, -0.2) is 40.7 Å². The Balaban J connectivity index is 2.05. The maximum absolute atomic E-state index is 15.1. The Morgan fingerprint density at radius 3 is 2.79 bits per heavy atom. The minimum absolute atomic E-state index is 0.00173. The summed E-state index contributed by atoms with van der Waals surface area (Å²) >= 11 is 6.01. The Hall–Kier alpha value is -2.52. The highest BCUT2D eigenvalue weighted by atomic mass is 35.5. The molecule has 0 saturated heterocycles. The normalized spacial score (nSPS) is 21.4. The van der Waals surface area contributed by atoms with Crippen LogP contribution in [0, 0.1) is 6.92 Å². The molecular formula is C19H22ClF2N5O2. The van der Waals surface area contributed by atoms with Gasteiger partial charge in [-0.3, -0.25) is 14.5 Å². The number of carbonyl (C=O) groups is 1. The fourth-order valence-corrected chi connectivity index (χ4v) is 3.76. The van der Waals surface area contributed by atoms with Crippen molar-refractivity contribution in [1.82, 2.24) is 9.78 Å². The molecule has 7 nitrogen and oxygen atoms in total. The van der Waals surface area contributed by atoms with Gasteiger partial charge in [0, 0.05) is 18.9 Å². The molecular weight excluding hydrogens is 404 g/mol. The molecule has 1 aromatic heterocycles. The Labute approximate surface area is 171 Å². The quantitative estimate of drug-likeness (QED) is 0.786. The number of nitrogens with zero attached hydrogens (tertiary/aromatic N) is 3. The molecule has 0 aliphatic carbocycles. The second-order valence-electron chi connectivity index (χ2n) is 7.00. The van der Waals surface area contributed by atoms with E-state index in [1.54, 1.807) is 33.0 Å². The Bertz CT molecular complexity index is 976. The molecule has 1 aliphatic heterocycles. The monoisotopic (exact) mass is 425 g/mol. The van der Waals surface area contributed by atoms with E-state index in [1.165, 1.54) is 16.9 Å². The number of amidine groups is 1. The zero-order valence-corrected chi connectivity index (χ0v) is 17.1. The van der Waals surface area contributed by atoms with Crippen LogP contribution in [0.3, 0.4) is 0 Å². The van der Waals surface area contributed by atoms with Crippen LogP contribution < -0.4 is 11.1 Å². The van der Waals surface area contributed by atoms with Gasteiger partial charge in [0.25, 0.3) is 11.8 Å². The number of alkyl halides is 2. The summed E-state index contributed by atoms with van der Waals surface area (Å²) in [7, 11) is 1.64. The van der Waals surface area contributed by atoms with E-state index in [0.717, 1.165) is 0 Å². The zero-order valence-electron chi connectivity index (χ0n) is 16.3. The number of nitrogens with one attached hydrogen (secondary N) is 1. The first-order valence-corrected chi connectivity index (χ1v) is 9.39. The number of amides is 1. The van der Waals surface area contributed by atoms with E-state index in [4.69, 9.17) is 22.1 Å². The number of hydrogen-bond donors (Lipinski definition) is 2. The van der Waals surface area contributed by atoms with Crippen molar-refractivity contribution in [2.45, 2.75) is 31.7 Å². The zero-order chi connectivity index (χ0) is 21.4. The van der Waals surface area contributed by atoms with Gasteiger partial charge in [-0.25, -0.2) is 8.78 Å². The molecule has 10 heteroatoms. The van der Waals surface area contributed by atoms with Crippen molar-refractivity contribution in [3.05, 3.63) is 46.2 Å². The van der Waals surface area contributed by atoms with Gasteiger partial charge < -0.3 is 15.8 Å². The summed E-state index contributed by atoms with van der Waals surface area (Å²) < 4.78 is 36.7. The topological polar surface area (TPSA) is 94.5 Å². The Morgan fingerprint density at radius 2 is 2.17 bits per heavy atom. The maximum Gasteiger partial charge on any atom is 0.299 e. The lowest BCUT2D eigenvalue weighted by Crippen LogP contribution is -2.46. The number of carbonyl (C=O) groups excluding carboxylic acids is 1. The van der Waals surface area contributed by atoms with Crippen LogP contribution in [-0.2, 0) is 17.3 Å². The van der Waals surface area contributed by atoms with Crippen LogP contribution in [0.1, 0.15) is 35.0 Å². The van der Waals surface area contributed by atoms with E-state index in [2.05, 4.69) is 15.4 Å². The first kappa shape index (κ1) is 21.2.